The minimum Gasteiger partial charge on any atom is -0.314 e. The number of nitrogens with zero attached hydrogens (tertiary/aromatic N) is 3. The van der Waals surface area contributed by atoms with Crippen molar-refractivity contribution in [1.29, 1.82) is 0 Å². The average Bonchev–Trinajstić information content (AvgIpc) is 2.56. The van der Waals surface area contributed by atoms with Gasteiger partial charge in [0.05, 0.1) is 5.69 Å². The molecule has 1 fully saturated rings. The van der Waals surface area contributed by atoms with E-state index < -0.39 is 0 Å². The van der Waals surface area contributed by atoms with Gasteiger partial charge in [0.2, 0.25) is 0 Å². The Balaban J connectivity index is 2.07. The fourth-order valence-corrected chi connectivity index (χ4v) is 2.07. The van der Waals surface area contributed by atoms with Gasteiger partial charge in [0.25, 0.3) is 0 Å². The third kappa shape index (κ3) is 2.21. The molecule has 1 N–H and O–H groups in total. The summed E-state index contributed by atoms with van der Waals surface area (Å²) in [5.41, 5.74) is 1.52. The summed E-state index contributed by atoms with van der Waals surface area (Å²) in [5.74, 6) is 0. The molecular weight excluding hydrogens is 188 g/mol. The molecule has 1 aromatic rings. The Kier molecular flexibility index (Phi) is 2.80. The van der Waals surface area contributed by atoms with E-state index in [1.165, 1.54) is 5.69 Å². The van der Waals surface area contributed by atoms with Crippen LogP contribution in [-0.2, 0) is 13.6 Å². The molecule has 4 heteroatoms. The van der Waals surface area contributed by atoms with Gasteiger partial charge in [-0.3, -0.25) is 9.58 Å². The van der Waals surface area contributed by atoms with Gasteiger partial charge < -0.3 is 5.32 Å². The highest BCUT2D eigenvalue weighted by atomic mass is 15.3. The second-order valence-corrected chi connectivity index (χ2v) is 4.86. The van der Waals surface area contributed by atoms with Crippen molar-refractivity contribution in [2.24, 2.45) is 7.05 Å². The lowest BCUT2D eigenvalue weighted by Gasteiger charge is -2.42. The van der Waals surface area contributed by atoms with Gasteiger partial charge in [0.1, 0.15) is 0 Å². The number of aryl methyl sites for hydroxylation is 1. The van der Waals surface area contributed by atoms with Crippen molar-refractivity contribution in [1.82, 2.24) is 20.0 Å². The maximum absolute atomic E-state index is 4.20. The van der Waals surface area contributed by atoms with Crippen molar-refractivity contribution in [3.8, 4) is 0 Å². The predicted molar refractivity (Wildman–Crippen MR) is 60.6 cm³/mol. The van der Waals surface area contributed by atoms with Crippen molar-refractivity contribution < 1.29 is 0 Å². The lowest BCUT2D eigenvalue weighted by atomic mass is 10.00. The van der Waals surface area contributed by atoms with Crippen LogP contribution in [0.1, 0.15) is 19.5 Å². The van der Waals surface area contributed by atoms with Crippen molar-refractivity contribution in [3.63, 3.8) is 0 Å². The van der Waals surface area contributed by atoms with E-state index in [-0.39, 0.29) is 5.54 Å². The van der Waals surface area contributed by atoms with Crippen LogP contribution in [0.25, 0.3) is 0 Å². The van der Waals surface area contributed by atoms with Crippen LogP contribution in [0.4, 0.5) is 0 Å². The first kappa shape index (κ1) is 10.6. The molecule has 1 aliphatic heterocycles. The van der Waals surface area contributed by atoms with Crippen LogP contribution in [0.3, 0.4) is 0 Å². The van der Waals surface area contributed by atoms with Crippen LogP contribution >= 0.6 is 0 Å². The van der Waals surface area contributed by atoms with Crippen molar-refractivity contribution in [3.05, 3.63) is 18.0 Å². The molecule has 1 saturated heterocycles. The van der Waals surface area contributed by atoms with E-state index in [0.29, 0.717) is 0 Å². The molecule has 0 aromatic carbocycles. The Morgan fingerprint density at radius 2 is 2.33 bits per heavy atom. The van der Waals surface area contributed by atoms with Gasteiger partial charge in [-0.05, 0) is 19.9 Å². The number of aromatic nitrogens is 2. The summed E-state index contributed by atoms with van der Waals surface area (Å²) >= 11 is 0. The van der Waals surface area contributed by atoms with Crippen molar-refractivity contribution in [2.75, 3.05) is 19.6 Å². The summed E-state index contributed by atoms with van der Waals surface area (Å²) in [6, 6.07) is 2.10. The third-order valence-corrected chi connectivity index (χ3v) is 3.25. The topological polar surface area (TPSA) is 33.1 Å². The van der Waals surface area contributed by atoms with E-state index in [1.54, 1.807) is 0 Å². The maximum atomic E-state index is 4.20. The number of nitrogens with one attached hydrogen (secondary N) is 1. The summed E-state index contributed by atoms with van der Waals surface area (Å²) < 4.78 is 1.96. The van der Waals surface area contributed by atoms with Gasteiger partial charge in [-0.25, -0.2) is 0 Å². The molecule has 0 spiro atoms. The molecule has 4 nitrogen and oxygen atoms in total. The first-order valence-corrected chi connectivity index (χ1v) is 5.52. The van der Waals surface area contributed by atoms with Crippen LogP contribution in [0.15, 0.2) is 12.3 Å². The lowest BCUT2D eigenvalue weighted by molar-refractivity contribution is 0.0801. The van der Waals surface area contributed by atoms with Crippen LogP contribution in [-0.4, -0.2) is 39.9 Å². The minimum absolute atomic E-state index is 0.239. The van der Waals surface area contributed by atoms with Gasteiger partial charge >= 0.3 is 0 Å². The Bertz CT molecular complexity index is 329. The van der Waals surface area contributed by atoms with E-state index in [2.05, 4.69) is 35.2 Å². The fourth-order valence-electron chi connectivity index (χ4n) is 2.07. The third-order valence-electron chi connectivity index (χ3n) is 3.25. The molecule has 0 saturated carbocycles. The predicted octanol–water partition coefficient (Wildman–Crippen LogP) is 0.604. The SMILES string of the molecule is Cn1nccc1CN1CCNCC1(C)C. The summed E-state index contributed by atoms with van der Waals surface area (Å²) in [4.78, 5) is 2.51. The lowest BCUT2D eigenvalue weighted by Crippen LogP contribution is -2.57. The second kappa shape index (κ2) is 3.94. The molecule has 2 rings (SSSR count). The highest BCUT2D eigenvalue weighted by molar-refractivity contribution is 5.02. The molecule has 0 unspecified atom stereocenters. The fraction of sp³-hybridized carbons (Fsp3) is 0.727. The highest BCUT2D eigenvalue weighted by Gasteiger charge is 2.29. The summed E-state index contributed by atoms with van der Waals surface area (Å²) in [5, 5.41) is 7.64. The van der Waals surface area contributed by atoms with Gasteiger partial charge in [0, 0.05) is 45.0 Å². The Morgan fingerprint density at radius 3 is 2.93 bits per heavy atom. The van der Waals surface area contributed by atoms with E-state index in [4.69, 9.17) is 0 Å². The first-order chi connectivity index (χ1) is 7.09. The highest BCUT2D eigenvalue weighted by Crippen LogP contribution is 2.18. The normalized spacial score (nSPS) is 21.8. The van der Waals surface area contributed by atoms with Crippen LogP contribution in [0.5, 0.6) is 0 Å². The molecule has 0 radical (unpaired) electrons. The Hall–Kier alpha value is -0.870. The first-order valence-electron chi connectivity index (χ1n) is 5.52. The number of rotatable bonds is 2. The smallest absolute Gasteiger partial charge is 0.0521 e. The number of piperazine rings is 1. The minimum atomic E-state index is 0.239. The van der Waals surface area contributed by atoms with E-state index in [1.807, 2.05) is 17.9 Å². The number of hydrogen-bond acceptors (Lipinski definition) is 3. The van der Waals surface area contributed by atoms with Gasteiger partial charge in [0.15, 0.2) is 0 Å². The second-order valence-electron chi connectivity index (χ2n) is 4.86. The number of hydrogen-bond donors (Lipinski definition) is 1. The largest absolute Gasteiger partial charge is 0.314 e. The van der Waals surface area contributed by atoms with E-state index >= 15 is 0 Å². The molecule has 1 aliphatic rings. The molecule has 0 amide bonds. The zero-order valence-corrected chi connectivity index (χ0v) is 9.82. The Labute approximate surface area is 91.3 Å². The van der Waals surface area contributed by atoms with Gasteiger partial charge in [-0.2, -0.15) is 5.10 Å². The zero-order valence-electron chi connectivity index (χ0n) is 9.82. The maximum Gasteiger partial charge on any atom is 0.0521 e. The standard InChI is InChI=1S/C11H20N4/c1-11(2)9-12-6-7-15(11)8-10-4-5-13-14(10)3/h4-5,12H,6-9H2,1-3H3. The van der Waals surface area contributed by atoms with E-state index in [9.17, 15) is 0 Å². The molecular formula is C11H20N4. The monoisotopic (exact) mass is 208 g/mol. The zero-order chi connectivity index (χ0) is 10.9. The van der Waals surface area contributed by atoms with Gasteiger partial charge in [-0.15, -0.1) is 0 Å². The van der Waals surface area contributed by atoms with Crippen molar-refractivity contribution >= 4 is 0 Å². The van der Waals surface area contributed by atoms with Crippen molar-refractivity contribution in [2.45, 2.75) is 25.9 Å². The van der Waals surface area contributed by atoms with Crippen LogP contribution in [0, 0.1) is 0 Å². The summed E-state index contributed by atoms with van der Waals surface area (Å²) in [6.45, 7) is 8.82. The van der Waals surface area contributed by atoms with Gasteiger partial charge in [-0.1, -0.05) is 0 Å². The molecule has 84 valence electrons. The molecule has 0 aliphatic carbocycles. The van der Waals surface area contributed by atoms with Crippen LogP contribution in [0.2, 0.25) is 0 Å². The molecule has 2 heterocycles. The summed E-state index contributed by atoms with van der Waals surface area (Å²) in [7, 11) is 2.00. The quantitative estimate of drug-likeness (QED) is 0.773. The summed E-state index contributed by atoms with van der Waals surface area (Å²) in [6.07, 6.45) is 1.87. The molecule has 15 heavy (non-hydrogen) atoms. The Morgan fingerprint density at radius 1 is 1.53 bits per heavy atom. The average molecular weight is 208 g/mol. The van der Waals surface area contributed by atoms with E-state index in [0.717, 1.165) is 26.2 Å². The molecule has 0 atom stereocenters. The molecule has 1 aromatic heterocycles. The molecule has 0 bridgehead atoms. The van der Waals surface area contributed by atoms with Crippen LogP contribution < -0.4 is 5.32 Å².